The number of fused-ring (bicyclic) bond motifs is 1. The molecule has 0 unspecified atom stereocenters. The minimum atomic E-state index is -4.72. The second-order valence-electron chi connectivity index (χ2n) is 12.3. The molecule has 2 fully saturated rings. The van der Waals surface area contributed by atoms with Gasteiger partial charge < -0.3 is 29.0 Å². The van der Waals surface area contributed by atoms with Crippen molar-refractivity contribution in [3.05, 3.63) is 71.3 Å². The number of halogens is 5. The molecular weight excluding hydrogens is 614 g/mol. The summed E-state index contributed by atoms with van der Waals surface area (Å²) in [4.78, 5) is 26.8. The molecule has 246 valence electrons. The van der Waals surface area contributed by atoms with Crippen LogP contribution in [0.3, 0.4) is 0 Å². The van der Waals surface area contributed by atoms with Crippen LogP contribution in [0.25, 0.3) is 10.8 Å². The van der Waals surface area contributed by atoms with Gasteiger partial charge in [-0.15, -0.1) is 0 Å². The fourth-order valence-electron chi connectivity index (χ4n) is 5.65. The zero-order chi connectivity index (χ0) is 33.6. The van der Waals surface area contributed by atoms with Gasteiger partial charge in [0.1, 0.15) is 29.3 Å². The number of ether oxygens (including phenoxy) is 2. The van der Waals surface area contributed by atoms with Crippen molar-refractivity contribution in [3.63, 3.8) is 0 Å². The Balaban J connectivity index is 1.42. The largest absolute Gasteiger partial charge is 0.495 e. The topological polar surface area (TPSA) is 86.3 Å². The molecule has 2 aliphatic heterocycles. The number of amides is 1. The van der Waals surface area contributed by atoms with E-state index in [0.29, 0.717) is 17.7 Å². The lowest BCUT2D eigenvalue weighted by Crippen LogP contribution is -2.53. The monoisotopic (exact) mass is 648 g/mol. The normalized spacial score (nSPS) is 20.1. The number of esters is 1. The van der Waals surface area contributed by atoms with Crippen molar-refractivity contribution < 1.29 is 50.3 Å². The number of hydrogen-bond acceptors (Lipinski definition) is 7. The molecule has 5 rings (SSSR count). The Bertz CT molecular complexity index is 1610. The fourth-order valence-corrected chi connectivity index (χ4v) is 5.65. The molecule has 2 saturated heterocycles. The first-order valence-corrected chi connectivity index (χ1v) is 14.7. The number of alkyl halides is 3. The minimum Gasteiger partial charge on any atom is -0.467 e. The molecule has 0 saturated carbocycles. The van der Waals surface area contributed by atoms with Crippen molar-refractivity contribution in [2.45, 2.75) is 63.6 Å². The Labute approximate surface area is 263 Å². The molecule has 2 aliphatic rings. The van der Waals surface area contributed by atoms with Crippen LogP contribution in [0.4, 0.5) is 27.6 Å². The molecule has 0 aliphatic carbocycles. The second-order valence-corrected chi connectivity index (χ2v) is 12.3. The summed E-state index contributed by atoms with van der Waals surface area (Å²) in [6.07, 6.45) is -4.82. The summed E-state index contributed by atoms with van der Waals surface area (Å²) in [7, 11) is 0.439. The summed E-state index contributed by atoms with van der Waals surface area (Å²) >= 11 is 0. The molecule has 3 aromatic rings. The quantitative estimate of drug-likeness (QED) is 0.226. The zero-order valence-electron chi connectivity index (χ0n) is 26.0. The van der Waals surface area contributed by atoms with Gasteiger partial charge in [-0.05, 0) is 61.6 Å². The van der Waals surface area contributed by atoms with Crippen LogP contribution in [-0.2, 0) is 30.0 Å². The highest BCUT2D eigenvalue weighted by molar-refractivity contribution is 6.65. The molecule has 0 aromatic heterocycles. The third-order valence-corrected chi connectivity index (χ3v) is 8.86. The third-order valence-electron chi connectivity index (χ3n) is 8.86. The SMILES string of the molecule is COC(=O)[C@H](Cc1ccc(B2OC(C)(C)C(C)(C)O2)c2ccccc12)NC(=O)c1c(F)cc(N2CCOC[C@@H]2C(F)(F)F)cc1F. The molecule has 8 nitrogen and oxygen atoms in total. The van der Waals surface area contributed by atoms with E-state index in [9.17, 15) is 22.8 Å². The zero-order valence-corrected chi connectivity index (χ0v) is 26.0. The standard InChI is InChI=1S/C32H34BF5N2O6/c1-30(2)31(3,4)46-33(45-30)22-11-10-18(20-8-6-7-9-21(20)22)14-25(29(42)43-5)39-28(41)27-23(34)15-19(16-24(27)35)40-12-13-44-17-26(40)32(36,37)38/h6-11,15-16,25-26H,12-14,17H2,1-5H3,(H,39,41)/t25-,26+/m0/s1. The molecular formula is C32H34BF5N2O6. The maximum atomic E-state index is 15.2. The van der Waals surface area contributed by atoms with Gasteiger partial charge in [0.15, 0.2) is 0 Å². The molecule has 2 heterocycles. The van der Waals surface area contributed by atoms with E-state index in [1.807, 2.05) is 45.9 Å². The van der Waals surface area contributed by atoms with Crippen molar-refractivity contribution in [1.29, 1.82) is 0 Å². The van der Waals surface area contributed by atoms with Gasteiger partial charge in [0.05, 0.1) is 31.5 Å². The minimum absolute atomic E-state index is 0.0782. The first-order valence-electron chi connectivity index (χ1n) is 14.7. The van der Waals surface area contributed by atoms with Crippen LogP contribution >= 0.6 is 0 Å². The molecule has 46 heavy (non-hydrogen) atoms. The van der Waals surface area contributed by atoms with Crippen LogP contribution in [0, 0.1) is 11.6 Å². The lowest BCUT2D eigenvalue weighted by Gasteiger charge is -2.38. The maximum Gasteiger partial charge on any atom is 0.495 e. The summed E-state index contributed by atoms with van der Waals surface area (Å²) in [5.41, 5.74) is -1.22. The van der Waals surface area contributed by atoms with E-state index in [0.717, 1.165) is 28.2 Å². The number of methoxy groups -OCH3 is 1. The van der Waals surface area contributed by atoms with E-state index in [4.69, 9.17) is 18.8 Å². The number of nitrogens with one attached hydrogen (secondary N) is 1. The first-order chi connectivity index (χ1) is 21.5. The number of benzene rings is 3. The lowest BCUT2D eigenvalue weighted by atomic mass is 9.75. The highest BCUT2D eigenvalue weighted by Crippen LogP contribution is 2.37. The highest BCUT2D eigenvalue weighted by Gasteiger charge is 2.52. The number of nitrogens with zero attached hydrogens (tertiary/aromatic N) is 1. The summed E-state index contributed by atoms with van der Waals surface area (Å²) in [6.45, 7) is 6.71. The highest BCUT2D eigenvalue weighted by atomic mass is 19.4. The van der Waals surface area contributed by atoms with Crippen molar-refractivity contribution in [1.82, 2.24) is 5.32 Å². The number of anilines is 1. The van der Waals surface area contributed by atoms with Gasteiger partial charge in [0, 0.05) is 18.7 Å². The van der Waals surface area contributed by atoms with Crippen molar-refractivity contribution in [2.75, 3.05) is 31.8 Å². The Kier molecular flexibility index (Phi) is 9.10. The third kappa shape index (κ3) is 6.43. The fraction of sp³-hybridized carbons (Fsp3) is 0.438. The summed E-state index contributed by atoms with van der Waals surface area (Å²) in [6, 6.07) is 8.73. The molecule has 14 heteroatoms. The van der Waals surface area contributed by atoms with Gasteiger partial charge in [-0.25, -0.2) is 13.6 Å². The average molecular weight is 648 g/mol. The number of carbonyl (C=O) groups is 2. The number of carbonyl (C=O) groups excluding carboxylic acids is 2. The van der Waals surface area contributed by atoms with Crippen molar-refractivity contribution >= 4 is 40.9 Å². The first kappa shape index (κ1) is 33.6. The van der Waals surface area contributed by atoms with Crippen molar-refractivity contribution in [3.8, 4) is 0 Å². The predicted molar refractivity (Wildman–Crippen MR) is 161 cm³/mol. The van der Waals surface area contributed by atoms with Gasteiger partial charge in [0.2, 0.25) is 0 Å². The van der Waals surface area contributed by atoms with Gasteiger partial charge in [-0.2, -0.15) is 13.2 Å². The van der Waals surface area contributed by atoms with E-state index in [1.165, 1.54) is 0 Å². The smallest absolute Gasteiger partial charge is 0.467 e. The van der Waals surface area contributed by atoms with Crippen LogP contribution in [-0.4, -0.2) is 75.3 Å². The molecule has 1 amide bonds. The lowest BCUT2D eigenvalue weighted by molar-refractivity contribution is -0.167. The molecule has 2 atom stereocenters. The van der Waals surface area contributed by atoms with E-state index in [1.54, 1.807) is 18.2 Å². The number of hydrogen-bond donors (Lipinski definition) is 1. The van der Waals surface area contributed by atoms with Crippen LogP contribution in [0.15, 0.2) is 48.5 Å². The molecule has 0 bridgehead atoms. The molecule has 3 aromatic carbocycles. The molecule has 0 radical (unpaired) electrons. The Morgan fingerprint density at radius 2 is 1.63 bits per heavy atom. The molecule has 0 spiro atoms. The number of rotatable bonds is 7. The van der Waals surface area contributed by atoms with Crippen LogP contribution < -0.4 is 15.7 Å². The van der Waals surface area contributed by atoms with Crippen molar-refractivity contribution in [2.24, 2.45) is 0 Å². The summed E-state index contributed by atoms with van der Waals surface area (Å²) in [5, 5.41) is 3.85. The Morgan fingerprint density at radius 1 is 1.02 bits per heavy atom. The van der Waals surface area contributed by atoms with Gasteiger partial charge in [0.25, 0.3) is 5.91 Å². The van der Waals surface area contributed by atoms with E-state index in [-0.39, 0.29) is 19.6 Å². The summed E-state index contributed by atoms with van der Waals surface area (Å²) < 4.78 is 93.4. The van der Waals surface area contributed by atoms with Crippen LogP contribution in [0.5, 0.6) is 0 Å². The summed E-state index contributed by atoms with van der Waals surface area (Å²) in [5.74, 6) is -4.92. The maximum absolute atomic E-state index is 15.2. The van der Waals surface area contributed by atoms with Gasteiger partial charge in [-0.3, -0.25) is 4.79 Å². The second kappa shape index (κ2) is 12.5. The average Bonchev–Trinajstić information content (AvgIpc) is 3.21. The Hall–Kier alpha value is -3.75. The number of morpholine rings is 1. The van der Waals surface area contributed by atoms with E-state index < -0.39 is 77.9 Å². The van der Waals surface area contributed by atoms with E-state index >= 15 is 8.78 Å². The predicted octanol–water partition coefficient (Wildman–Crippen LogP) is 4.70. The van der Waals surface area contributed by atoms with Gasteiger partial charge in [-0.1, -0.05) is 36.4 Å². The van der Waals surface area contributed by atoms with Crippen LogP contribution in [0.2, 0.25) is 0 Å². The van der Waals surface area contributed by atoms with E-state index in [2.05, 4.69) is 5.32 Å². The van der Waals surface area contributed by atoms with Gasteiger partial charge >= 0.3 is 19.3 Å². The molecule has 1 N–H and O–H groups in total. The Morgan fingerprint density at radius 3 is 2.22 bits per heavy atom. The van der Waals surface area contributed by atoms with Crippen LogP contribution in [0.1, 0.15) is 43.6 Å².